The van der Waals surface area contributed by atoms with Gasteiger partial charge in [0, 0.05) is 6.07 Å². The summed E-state index contributed by atoms with van der Waals surface area (Å²) in [7, 11) is 0. The highest BCUT2D eigenvalue weighted by atomic mass is 16.6. The highest BCUT2D eigenvalue weighted by molar-refractivity contribution is 6.10. The molecule has 0 radical (unpaired) electrons. The van der Waals surface area contributed by atoms with Gasteiger partial charge in [-0.25, -0.2) is 0 Å². The van der Waals surface area contributed by atoms with Gasteiger partial charge in [0.1, 0.15) is 5.75 Å². The molecular formula is C13H8N2O4. The molecule has 6 heteroatoms. The molecule has 2 aromatic carbocycles. The number of para-hydroxylation sites is 2. The number of nitrogens with zero attached hydrogens (tertiary/aromatic N) is 1. The van der Waals surface area contributed by atoms with E-state index in [2.05, 4.69) is 5.32 Å². The minimum absolute atomic E-state index is 0.0660. The van der Waals surface area contributed by atoms with Gasteiger partial charge in [-0.2, -0.15) is 0 Å². The molecule has 94 valence electrons. The van der Waals surface area contributed by atoms with Crippen molar-refractivity contribution in [1.82, 2.24) is 0 Å². The highest BCUT2D eigenvalue weighted by Gasteiger charge is 2.28. The Morgan fingerprint density at radius 2 is 1.79 bits per heavy atom. The number of amides is 1. The summed E-state index contributed by atoms with van der Waals surface area (Å²) in [6, 6.07) is 11.1. The first-order chi connectivity index (χ1) is 9.16. The Labute approximate surface area is 107 Å². The molecule has 19 heavy (non-hydrogen) atoms. The maximum Gasteiger partial charge on any atom is 0.285 e. The van der Waals surface area contributed by atoms with E-state index in [-0.39, 0.29) is 17.0 Å². The fourth-order valence-electron chi connectivity index (χ4n) is 1.95. The zero-order valence-corrected chi connectivity index (χ0v) is 9.62. The van der Waals surface area contributed by atoms with Crippen molar-refractivity contribution in [3.8, 4) is 11.5 Å². The Bertz CT molecular complexity index is 697. The second-order valence-electron chi connectivity index (χ2n) is 3.96. The third kappa shape index (κ3) is 1.79. The third-order valence-corrected chi connectivity index (χ3v) is 2.78. The quantitative estimate of drug-likeness (QED) is 0.628. The number of nitro benzene ring substituents is 1. The van der Waals surface area contributed by atoms with Crippen LogP contribution in [0.15, 0.2) is 42.5 Å². The van der Waals surface area contributed by atoms with Crippen LogP contribution in [0.3, 0.4) is 0 Å². The largest absolute Gasteiger partial charge is 0.454 e. The lowest BCUT2D eigenvalue weighted by molar-refractivity contribution is -0.385. The van der Waals surface area contributed by atoms with E-state index in [0.717, 1.165) is 0 Å². The summed E-state index contributed by atoms with van der Waals surface area (Å²) in [5.74, 6) is 0.0824. The number of carbonyl (C=O) groups is 1. The van der Waals surface area contributed by atoms with Gasteiger partial charge >= 0.3 is 0 Å². The molecule has 0 saturated heterocycles. The number of fused-ring (bicyclic) bond motifs is 2. The lowest BCUT2D eigenvalue weighted by Crippen LogP contribution is -2.12. The molecule has 0 saturated carbocycles. The summed E-state index contributed by atoms with van der Waals surface area (Å²) in [5, 5.41) is 13.6. The van der Waals surface area contributed by atoms with Gasteiger partial charge in [0.2, 0.25) is 0 Å². The molecule has 1 heterocycles. The number of nitrogens with one attached hydrogen (secondary N) is 1. The molecule has 0 atom stereocenters. The predicted molar refractivity (Wildman–Crippen MR) is 67.6 cm³/mol. The number of rotatable bonds is 1. The van der Waals surface area contributed by atoms with E-state index in [4.69, 9.17) is 4.74 Å². The van der Waals surface area contributed by atoms with Crippen molar-refractivity contribution >= 4 is 17.3 Å². The van der Waals surface area contributed by atoms with Crippen LogP contribution < -0.4 is 10.1 Å². The smallest absolute Gasteiger partial charge is 0.285 e. The van der Waals surface area contributed by atoms with Gasteiger partial charge in [0.05, 0.1) is 10.6 Å². The molecule has 1 aliphatic rings. The van der Waals surface area contributed by atoms with E-state index < -0.39 is 10.8 Å². The van der Waals surface area contributed by atoms with Crippen LogP contribution in [0.4, 0.5) is 11.4 Å². The molecular weight excluding hydrogens is 248 g/mol. The lowest BCUT2D eigenvalue weighted by Gasteiger charge is -2.06. The van der Waals surface area contributed by atoms with Gasteiger partial charge in [-0.05, 0) is 18.2 Å². The molecule has 1 aliphatic heterocycles. The van der Waals surface area contributed by atoms with E-state index in [0.29, 0.717) is 11.4 Å². The molecule has 0 spiro atoms. The average Bonchev–Trinajstić information content (AvgIpc) is 2.54. The standard InChI is InChI=1S/C13H8N2O4/c16-13-12-9(15(17)18)5-3-7-11(12)19-10-6-2-1-4-8(10)14-13/h1-7H,(H,14,16). The van der Waals surface area contributed by atoms with E-state index in [9.17, 15) is 14.9 Å². The number of nitro groups is 1. The van der Waals surface area contributed by atoms with Crippen molar-refractivity contribution in [3.05, 3.63) is 58.1 Å². The molecule has 1 N–H and O–H groups in total. The zero-order chi connectivity index (χ0) is 13.4. The summed E-state index contributed by atoms with van der Waals surface area (Å²) in [4.78, 5) is 22.5. The van der Waals surface area contributed by atoms with Crippen molar-refractivity contribution in [2.45, 2.75) is 0 Å². The van der Waals surface area contributed by atoms with Crippen LogP contribution in [-0.2, 0) is 0 Å². The summed E-state index contributed by atoms with van der Waals surface area (Å²) < 4.78 is 5.58. The van der Waals surface area contributed by atoms with Crippen molar-refractivity contribution in [1.29, 1.82) is 0 Å². The molecule has 6 nitrogen and oxygen atoms in total. The second kappa shape index (κ2) is 4.09. The molecule has 0 bridgehead atoms. The number of hydrogen-bond acceptors (Lipinski definition) is 4. The topological polar surface area (TPSA) is 81.5 Å². The number of hydrogen-bond donors (Lipinski definition) is 1. The summed E-state index contributed by atoms with van der Waals surface area (Å²) in [5.41, 5.74) is 0.143. The molecule has 0 unspecified atom stereocenters. The second-order valence-corrected chi connectivity index (χ2v) is 3.96. The van der Waals surface area contributed by atoms with Crippen molar-refractivity contribution in [2.75, 3.05) is 5.32 Å². The Morgan fingerprint density at radius 3 is 2.58 bits per heavy atom. The van der Waals surface area contributed by atoms with E-state index >= 15 is 0 Å². The minimum Gasteiger partial charge on any atom is -0.454 e. The maximum absolute atomic E-state index is 12.1. The summed E-state index contributed by atoms with van der Waals surface area (Å²) in [6.07, 6.45) is 0. The van der Waals surface area contributed by atoms with Crippen molar-refractivity contribution < 1.29 is 14.5 Å². The normalized spacial score (nSPS) is 12.5. The fraction of sp³-hybridized carbons (Fsp3) is 0. The minimum atomic E-state index is -0.599. The van der Waals surface area contributed by atoms with Gasteiger partial charge in [-0.3, -0.25) is 14.9 Å². The number of anilines is 1. The Kier molecular flexibility index (Phi) is 2.42. The monoisotopic (exact) mass is 256 g/mol. The first kappa shape index (κ1) is 11.2. The van der Waals surface area contributed by atoms with Crippen LogP contribution in [0, 0.1) is 10.1 Å². The highest BCUT2D eigenvalue weighted by Crippen LogP contribution is 2.38. The van der Waals surface area contributed by atoms with Gasteiger partial charge < -0.3 is 10.1 Å². The Morgan fingerprint density at radius 1 is 1.05 bits per heavy atom. The zero-order valence-electron chi connectivity index (χ0n) is 9.62. The van der Waals surface area contributed by atoms with Crippen LogP contribution in [0.1, 0.15) is 10.4 Å². The van der Waals surface area contributed by atoms with Gasteiger partial charge in [-0.15, -0.1) is 0 Å². The number of carbonyl (C=O) groups excluding carboxylic acids is 1. The van der Waals surface area contributed by atoms with Gasteiger partial charge in [0.15, 0.2) is 11.3 Å². The van der Waals surface area contributed by atoms with Crippen LogP contribution in [0.25, 0.3) is 0 Å². The number of ether oxygens (including phenoxy) is 1. The fourth-order valence-corrected chi connectivity index (χ4v) is 1.95. The third-order valence-electron chi connectivity index (χ3n) is 2.78. The SMILES string of the molecule is O=C1Nc2ccccc2Oc2cccc([N+](=O)[O-])c21. The molecule has 2 aromatic rings. The molecule has 3 rings (SSSR count). The maximum atomic E-state index is 12.1. The molecule has 0 aromatic heterocycles. The lowest BCUT2D eigenvalue weighted by atomic mass is 10.1. The Balaban J connectivity index is 2.22. The number of benzene rings is 2. The Hall–Kier alpha value is -2.89. The van der Waals surface area contributed by atoms with Crippen LogP contribution in [-0.4, -0.2) is 10.8 Å². The first-order valence-electron chi connectivity index (χ1n) is 5.52. The molecule has 0 aliphatic carbocycles. The van der Waals surface area contributed by atoms with Crippen LogP contribution >= 0.6 is 0 Å². The predicted octanol–water partition coefficient (Wildman–Crippen LogP) is 2.95. The van der Waals surface area contributed by atoms with Crippen LogP contribution in [0.2, 0.25) is 0 Å². The van der Waals surface area contributed by atoms with Crippen LogP contribution in [0.5, 0.6) is 11.5 Å². The molecule has 0 fully saturated rings. The average molecular weight is 256 g/mol. The van der Waals surface area contributed by atoms with Crippen molar-refractivity contribution in [2.24, 2.45) is 0 Å². The molecule has 1 amide bonds. The summed E-state index contributed by atoms with van der Waals surface area (Å²) in [6.45, 7) is 0. The summed E-state index contributed by atoms with van der Waals surface area (Å²) >= 11 is 0. The van der Waals surface area contributed by atoms with E-state index in [1.165, 1.54) is 18.2 Å². The van der Waals surface area contributed by atoms with Gasteiger partial charge in [0.25, 0.3) is 11.6 Å². The first-order valence-corrected chi connectivity index (χ1v) is 5.52. The van der Waals surface area contributed by atoms with Crippen molar-refractivity contribution in [3.63, 3.8) is 0 Å². The van der Waals surface area contributed by atoms with E-state index in [1.807, 2.05) is 0 Å². The van der Waals surface area contributed by atoms with E-state index in [1.54, 1.807) is 24.3 Å². The van der Waals surface area contributed by atoms with Gasteiger partial charge in [-0.1, -0.05) is 18.2 Å².